The third kappa shape index (κ3) is 4.02. The van der Waals surface area contributed by atoms with E-state index in [0.717, 1.165) is 12.8 Å². The minimum atomic E-state index is -0.520. The van der Waals surface area contributed by atoms with E-state index < -0.39 is 5.82 Å². The fourth-order valence-electron chi connectivity index (χ4n) is 2.53. The van der Waals surface area contributed by atoms with Gasteiger partial charge in [-0.05, 0) is 37.5 Å². The number of carbonyl (C=O) groups excluding carboxylic acids is 1. The number of Topliss-reactive ketones (excluding diaryl/α,β-unsaturated/α-hetero) is 1. The first-order valence-electron chi connectivity index (χ1n) is 7.37. The average Bonchev–Trinajstić information content (AvgIpc) is 2.42. The summed E-state index contributed by atoms with van der Waals surface area (Å²) in [5.41, 5.74) is 0.363. The summed E-state index contributed by atoms with van der Waals surface area (Å²) in [4.78, 5) is 14.4. The van der Waals surface area contributed by atoms with E-state index in [1.165, 1.54) is 25.7 Å². The van der Waals surface area contributed by atoms with Gasteiger partial charge in [0, 0.05) is 24.8 Å². The smallest absolute Gasteiger partial charge is 0.176 e. The molecule has 1 N–H and O–H groups in total. The zero-order chi connectivity index (χ0) is 15.2. The highest BCUT2D eigenvalue weighted by molar-refractivity contribution is 5.97. The lowest BCUT2D eigenvalue weighted by molar-refractivity contribution is 0.0787. The van der Waals surface area contributed by atoms with Crippen molar-refractivity contribution in [3.05, 3.63) is 29.6 Å². The second-order valence-electron chi connectivity index (χ2n) is 5.40. The van der Waals surface area contributed by atoms with Crippen LogP contribution in [0.5, 0.6) is 5.75 Å². The van der Waals surface area contributed by atoms with Crippen molar-refractivity contribution in [2.75, 3.05) is 26.8 Å². The molecule has 5 heteroatoms. The van der Waals surface area contributed by atoms with Gasteiger partial charge in [0.1, 0.15) is 0 Å². The molecule has 116 valence electrons. The summed E-state index contributed by atoms with van der Waals surface area (Å²) < 4.78 is 18.5. The van der Waals surface area contributed by atoms with E-state index in [1.54, 1.807) is 6.07 Å². The van der Waals surface area contributed by atoms with Gasteiger partial charge in [0.05, 0.1) is 13.7 Å². The number of hydrogen-bond acceptors (Lipinski definition) is 4. The Morgan fingerprint density at radius 3 is 2.76 bits per heavy atom. The number of rotatable bonds is 8. The summed E-state index contributed by atoms with van der Waals surface area (Å²) >= 11 is 0. The lowest BCUT2D eigenvalue weighted by Gasteiger charge is -2.37. The van der Waals surface area contributed by atoms with Gasteiger partial charge in [0.15, 0.2) is 17.3 Å². The summed E-state index contributed by atoms with van der Waals surface area (Å²) in [7, 11) is 1.40. The van der Waals surface area contributed by atoms with Crippen molar-refractivity contribution in [1.29, 1.82) is 0 Å². The molecule has 1 fully saturated rings. The average molecular weight is 295 g/mol. The maximum atomic E-state index is 13.7. The molecule has 0 spiro atoms. The lowest BCUT2D eigenvalue weighted by atomic mass is 9.91. The Morgan fingerprint density at radius 1 is 1.48 bits per heavy atom. The van der Waals surface area contributed by atoms with E-state index in [1.807, 2.05) is 0 Å². The second kappa shape index (κ2) is 7.52. The largest absolute Gasteiger partial charge is 0.494 e. The van der Waals surface area contributed by atoms with E-state index in [0.29, 0.717) is 24.6 Å². The highest BCUT2D eigenvalue weighted by Crippen LogP contribution is 2.25. The molecule has 1 saturated carbocycles. The third-order valence-corrected chi connectivity index (χ3v) is 4.02. The van der Waals surface area contributed by atoms with Crippen molar-refractivity contribution >= 4 is 5.78 Å². The van der Waals surface area contributed by atoms with Gasteiger partial charge in [-0.2, -0.15) is 0 Å². The molecule has 1 aromatic rings. The normalized spacial score (nSPS) is 15.0. The van der Waals surface area contributed by atoms with E-state index in [2.05, 4.69) is 4.90 Å². The molecule has 0 aromatic heterocycles. The fourth-order valence-corrected chi connectivity index (χ4v) is 2.53. The summed E-state index contributed by atoms with van der Waals surface area (Å²) in [6, 6.07) is 4.72. The van der Waals surface area contributed by atoms with E-state index in [9.17, 15) is 9.18 Å². The lowest BCUT2D eigenvalue weighted by Crippen LogP contribution is -2.43. The van der Waals surface area contributed by atoms with Crippen LogP contribution in [0.2, 0.25) is 0 Å². The minimum Gasteiger partial charge on any atom is -0.494 e. The molecule has 1 aliphatic rings. The topological polar surface area (TPSA) is 49.8 Å². The second-order valence-corrected chi connectivity index (χ2v) is 5.40. The van der Waals surface area contributed by atoms with Crippen LogP contribution < -0.4 is 4.74 Å². The number of ether oxygens (including phenoxy) is 1. The highest BCUT2D eigenvalue weighted by atomic mass is 19.1. The molecular formula is C16H22FNO3. The molecule has 0 aliphatic heterocycles. The number of hydrogen-bond donors (Lipinski definition) is 1. The van der Waals surface area contributed by atoms with Crippen molar-refractivity contribution in [3.63, 3.8) is 0 Å². The fraction of sp³-hybridized carbons (Fsp3) is 0.562. The zero-order valence-electron chi connectivity index (χ0n) is 12.3. The standard InChI is InChI=1S/C16H22FNO3/c1-21-16-7-6-12(10-14(16)17)15(20)11-18(8-3-9-19)13-4-2-5-13/h6-7,10,13,19H,2-5,8-9,11H2,1H3. The van der Waals surface area contributed by atoms with Crippen LogP contribution in [-0.2, 0) is 0 Å². The molecule has 0 unspecified atom stereocenters. The highest BCUT2D eigenvalue weighted by Gasteiger charge is 2.26. The monoisotopic (exact) mass is 295 g/mol. The summed E-state index contributed by atoms with van der Waals surface area (Å²) in [6.07, 6.45) is 4.03. The van der Waals surface area contributed by atoms with Crippen LogP contribution in [0, 0.1) is 5.82 Å². The number of halogens is 1. The van der Waals surface area contributed by atoms with Gasteiger partial charge in [-0.15, -0.1) is 0 Å². The molecule has 0 bridgehead atoms. The van der Waals surface area contributed by atoms with Crippen LogP contribution in [0.3, 0.4) is 0 Å². The van der Waals surface area contributed by atoms with Gasteiger partial charge in [0.2, 0.25) is 0 Å². The summed E-state index contributed by atoms with van der Waals surface area (Å²) in [6.45, 7) is 1.09. The number of carbonyl (C=O) groups is 1. The number of aliphatic hydroxyl groups is 1. The van der Waals surface area contributed by atoms with Crippen molar-refractivity contribution in [2.45, 2.75) is 31.7 Å². The molecule has 1 aliphatic carbocycles. The molecule has 0 saturated heterocycles. The van der Waals surface area contributed by atoms with Crippen LogP contribution >= 0.6 is 0 Å². The Balaban J connectivity index is 2.02. The van der Waals surface area contributed by atoms with E-state index >= 15 is 0 Å². The van der Waals surface area contributed by atoms with Gasteiger partial charge < -0.3 is 9.84 Å². The Labute approximate surface area is 124 Å². The van der Waals surface area contributed by atoms with Gasteiger partial charge in [-0.3, -0.25) is 9.69 Å². The number of methoxy groups -OCH3 is 1. The van der Waals surface area contributed by atoms with Crippen LogP contribution in [0.1, 0.15) is 36.0 Å². The molecule has 0 radical (unpaired) electrons. The zero-order valence-corrected chi connectivity index (χ0v) is 12.3. The van der Waals surface area contributed by atoms with Crippen molar-refractivity contribution in [1.82, 2.24) is 4.90 Å². The number of benzene rings is 1. The summed E-state index contributed by atoms with van der Waals surface area (Å²) in [5, 5.41) is 8.96. The quantitative estimate of drug-likeness (QED) is 0.747. The van der Waals surface area contributed by atoms with Crippen LogP contribution in [-0.4, -0.2) is 48.6 Å². The van der Waals surface area contributed by atoms with Gasteiger partial charge >= 0.3 is 0 Å². The van der Waals surface area contributed by atoms with Crippen LogP contribution in [0.25, 0.3) is 0 Å². The SMILES string of the molecule is COc1ccc(C(=O)CN(CCCO)C2CCC2)cc1F. The Kier molecular flexibility index (Phi) is 5.70. The molecule has 1 aromatic carbocycles. The Hall–Kier alpha value is -1.46. The Bertz CT molecular complexity index is 488. The maximum absolute atomic E-state index is 13.7. The predicted octanol–water partition coefficient (Wildman–Crippen LogP) is 2.25. The first-order valence-corrected chi connectivity index (χ1v) is 7.37. The first kappa shape index (κ1) is 15.9. The van der Waals surface area contributed by atoms with E-state index in [4.69, 9.17) is 9.84 Å². The molecule has 0 atom stereocenters. The van der Waals surface area contributed by atoms with Gasteiger partial charge in [-0.25, -0.2) is 4.39 Å². The van der Waals surface area contributed by atoms with Gasteiger partial charge in [-0.1, -0.05) is 6.42 Å². The molecule has 2 rings (SSSR count). The van der Waals surface area contributed by atoms with E-state index in [-0.39, 0.29) is 24.7 Å². The first-order chi connectivity index (χ1) is 10.2. The molecule has 0 amide bonds. The number of ketones is 1. The van der Waals surface area contributed by atoms with Gasteiger partial charge in [0.25, 0.3) is 0 Å². The number of nitrogens with zero attached hydrogens (tertiary/aromatic N) is 1. The number of aliphatic hydroxyl groups excluding tert-OH is 1. The predicted molar refractivity (Wildman–Crippen MR) is 78.2 cm³/mol. The molecule has 4 nitrogen and oxygen atoms in total. The van der Waals surface area contributed by atoms with Crippen molar-refractivity contribution < 1.29 is 19.0 Å². The summed E-state index contributed by atoms with van der Waals surface area (Å²) in [5.74, 6) is -0.474. The van der Waals surface area contributed by atoms with Crippen molar-refractivity contribution in [3.8, 4) is 5.75 Å². The van der Waals surface area contributed by atoms with Crippen LogP contribution in [0.15, 0.2) is 18.2 Å². The molecular weight excluding hydrogens is 273 g/mol. The maximum Gasteiger partial charge on any atom is 0.176 e. The third-order valence-electron chi connectivity index (χ3n) is 4.02. The molecule has 0 heterocycles. The Morgan fingerprint density at radius 2 is 2.24 bits per heavy atom. The van der Waals surface area contributed by atoms with Crippen molar-refractivity contribution in [2.24, 2.45) is 0 Å². The van der Waals surface area contributed by atoms with Crippen LogP contribution in [0.4, 0.5) is 4.39 Å². The molecule has 21 heavy (non-hydrogen) atoms. The minimum absolute atomic E-state index is 0.0959.